The van der Waals surface area contributed by atoms with E-state index in [-0.39, 0.29) is 5.91 Å². The Balaban J connectivity index is 1.78. The maximum atomic E-state index is 12.3. The number of ether oxygens (including phenoxy) is 1. The van der Waals surface area contributed by atoms with E-state index in [0.29, 0.717) is 44.2 Å². The number of aliphatic hydroxyl groups is 1. The number of piperazine rings is 1. The number of β-amino-alcohol motifs (C(OH)–C–C–N with tert-alkyl or cyclic N) is 1. The maximum absolute atomic E-state index is 12.3. The molecule has 0 radical (unpaired) electrons. The fourth-order valence-electron chi connectivity index (χ4n) is 2.52. The number of hydrogen-bond donors (Lipinski definition) is 1. The zero-order valence-electron chi connectivity index (χ0n) is 12.7. The van der Waals surface area contributed by atoms with Crippen molar-refractivity contribution in [2.75, 3.05) is 45.9 Å². The minimum absolute atomic E-state index is 0.0239. The number of aliphatic hydroxyl groups excluding tert-OH is 1. The molecular formula is C15H24N2O4. The third-order valence-corrected chi connectivity index (χ3v) is 3.73. The Morgan fingerprint density at radius 2 is 2.14 bits per heavy atom. The highest BCUT2D eigenvalue weighted by molar-refractivity contribution is 5.95. The minimum atomic E-state index is -0.469. The van der Waals surface area contributed by atoms with Crippen molar-refractivity contribution < 1.29 is 19.1 Å². The lowest BCUT2D eigenvalue weighted by atomic mass is 10.2. The van der Waals surface area contributed by atoms with Crippen molar-refractivity contribution in [3.8, 4) is 0 Å². The van der Waals surface area contributed by atoms with Crippen LogP contribution in [-0.4, -0.2) is 72.9 Å². The highest BCUT2D eigenvalue weighted by atomic mass is 16.5. The van der Waals surface area contributed by atoms with Crippen molar-refractivity contribution in [1.82, 2.24) is 9.80 Å². The number of aryl methyl sites for hydroxylation is 1. The predicted octanol–water partition coefficient (Wildman–Crippen LogP) is 0.743. The molecule has 2 rings (SSSR count). The third kappa shape index (κ3) is 4.30. The van der Waals surface area contributed by atoms with Crippen LogP contribution < -0.4 is 0 Å². The van der Waals surface area contributed by atoms with Gasteiger partial charge in [0.25, 0.3) is 5.91 Å². The molecule has 6 heteroatoms. The highest BCUT2D eigenvalue weighted by Crippen LogP contribution is 2.14. The first kappa shape index (κ1) is 16.0. The van der Waals surface area contributed by atoms with E-state index in [1.165, 1.54) is 0 Å². The summed E-state index contributed by atoms with van der Waals surface area (Å²) in [6.07, 6.45) is 1.08. The van der Waals surface area contributed by atoms with Crippen molar-refractivity contribution in [2.45, 2.75) is 20.0 Å². The minimum Gasteiger partial charge on any atom is -0.469 e. The molecule has 2 heterocycles. The average Bonchev–Trinajstić information content (AvgIpc) is 2.91. The fourth-order valence-corrected chi connectivity index (χ4v) is 2.52. The molecule has 1 aliphatic heterocycles. The highest BCUT2D eigenvalue weighted by Gasteiger charge is 2.24. The van der Waals surface area contributed by atoms with E-state index >= 15 is 0 Å². The molecule has 0 saturated carbocycles. The van der Waals surface area contributed by atoms with Gasteiger partial charge in [-0.3, -0.25) is 9.69 Å². The molecule has 1 aliphatic rings. The molecule has 0 spiro atoms. The lowest BCUT2D eigenvalue weighted by Crippen LogP contribution is -2.50. The van der Waals surface area contributed by atoms with Gasteiger partial charge in [0.1, 0.15) is 5.76 Å². The van der Waals surface area contributed by atoms with Crippen LogP contribution in [0.1, 0.15) is 23.0 Å². The van der Waals surface area contributed by atoms with Gasteiger partial charge in [0.15, 0.2) is 0 Å². The summed E-state index contributed by atoms with van der Waals surface area (Å²) in [5.74, 6) is 0.685. The van der Waals surface area contributed by atoms with Gasteiger partial charge in [-0.05, 0) is 19.9 Å². The standard InChI is InChI=1S/C15H24N2O4/c1-3-20-11-13(18)10-16-5-7-17(8-6-16)15(19)14-4-9-21-12(14)2/h4,9,13,18H,3,5-8,10-11H2,1-2H3/t13-/m0/s1. The third-order valence-electron chi connectivity index (χ3n) is 3.73. The first-order valence-electron chi connectivity index (χ1n) is 7.43. The number of amides is 1. The lowest BCUT2D eigenvalue weighted by molar-refractivity contribution is 0.0111. The SMILES string of the molecule is CCOC[C@@H](O)CN1CCN(C(=O)c2ccoc2C)CC1. The summed E-state index contributed by atoms with van der Waals surface area (Å²) in [6, 6.07) is 1.72. The normalized spacial score (nSPS) is 18.0. The zero-order valence-corrected chi connectivity index (χ0v) is 12.7. The molecule has 6 nitrogen and oxygen atoms in total. The first-order chi connectivity index (χ1) is 10.1. The van der Waals surface area contributed by atoms with Gasteiger partial charge in [0.05, 0.1) is 24.5 Å². The van der Waals surface area contributed by atoms with Crippen molar-refractivity contribution in [1.29, 1.82) is 0 Å². The molecule has 118 valence electrons. The summed E-state index contributed by atoms with van der Waals surface area (Å²) in [5.41, 5.74) is 0.639. The van der Waals surface area contributed by atoms with E-state index in [2.05, 4.69) is 4.90 Å². The molecule has 0 bridgehead atoms. The molecule has 1 amide bonds. The van der Waals surface area contributed by atoms with Crippen LogP contribution in [0.15, 0.2) is 16.7 Å². The van der Waals surface area contributed by atoms with Crippen LogP contribution >= 0.6 is 0 Å². The van der Waals surface area contributed by atoms with Crippen LogP contribution in [-0.2, 0) is 4.74 Å². The maximum Gasteiger partial charge on any atom is 0.257 e. The fraction of sp³-hybridized carbons (Fsp3) is 0.667. The molecule has 1 saturated heterocycles. The number of nitrogens with zero attached hydrogens (tertiary/aromatic N) is 2. The molecule has 0 aromatic carbocycles. The molecule has 0 unspecified atom stereocenters. The number of carbonyl (C=O) groups is 1. The van der Waals surface area contributed by atoms with E-state index in [0.717, 1.165) is 13.1 Å². The monoisotopic (exact) mass is 296 g/mol. The van der Waals surface area contributed by atoms with E-state index in [1.54, 1.807) is 19.3 Å². The smallest absolute Gasteiger partial charge is 0.257 e. The molecule has 1 aromatic rings. The van der Waals surface area contributed by atoms with Crippen LogP contribution in [0.5, 0.6) is 0 Å². The van der Waals surface area contributed by atoms with Gasteiger partial charge in [0, 0.05) is 39.3 Å². The second-order valence-electron chi connectivity index (χ2n) is 5.30. The summed E-state index contributed by atoms with van der Waals surface area (Å²) < 4.78 is 10.4. The summed E-state index contributed by atoms with van der Waals surface area (Å²) in [4.78, 5) is 16.3. The van der Waals surface area contributed by atoms with Gasteiger partial charge in [-0.1, -0.05) is 0 Å². The van der Waals surface area contributed by atoms with Crippen molar-refractivity contribution in [2.24, 2.45) is 0 Å². The van der Waals surface area contributed by atoms with E-state index < -0.39 is 6.10 Å². The Morgan fingerprint density at radius 3 is 2.71 bits per heavy atom. The van der Waals surface area contributed by atoms with Crippen molar-refractivity contribution in [3.63, 3.8) is 0 Å². The second-order valence-corrected chi connectivity index (χ2v) is 5.30. The largest absolute Gasteiger partial charge is 0.469 e. The average molecular weight is 296 g/mol. The van der Waals surface area contributed by atoms with Gasteiger partial charge >= 0.3 is 0 Å². The van der Waals surface area contributed by atoms with Crippen molar-refractivity contribution >= 4 is 5.91 Å². The number of furan rings is 1. The quantitative estimate of drug-likeness (QED) is 0.839. The van der Waals surface area contributed by atoms with Gasteiger partial charge in [-0.25, -0.2) is 0 Å². The molecule has 1 fully saturated rings. The molecular weight excluding hydrogens is 272 g/mol. The number of rotatable bonds is 6. The van der Waals surface area contributed by atoms with Crippen molar-refractivity contribution in [3.05, 3.63) is 23.7 Å². The molecule has 1 N–H and O–H groups in total. The predicted molar refractivity (Wildman–Crippen MR) is 78.3 cm³/mol. The first-order valence-corrected chi connectivity index (χ1v) is 7.43. The van der Waals surface area contributed by atoms with E-state index in [9.17, 15) is 9.90 Å². The summed E-state index contributed by atoms with van der Waals surface area (Å²) in [5, 5.41) is 9.83. The molecule has 0 aliphatic carbocycles. The number of carbonyl (C=O) groups excluding carboxylic acids is 1. The van der Waals surface area contributed by atoms with Crippen LogP contribution in [0.25, 0.3) is 0 Å². The Labute approximate surface area is 125 Å². The van der Waals surface area contributed by atoms with E-state index in [4.69, 9.17) is 9.15 Å². The molecule has 1 aromatic heterocycles. The van der Waals surface area contributed by atoms with E-state index in [1.807, 2.05) is 11.8 Å². The Bertz CT molecular complexity index is 452. The summed E-state index contributed by atoms with van der Waals surface area (Å²) in [6.45, 7) is 8.16. The zero-order chi connectivity index (χ0) is 15.2. The van der Waals surface area contributed by atoms with Crippen LogP contribution in [0.2, 0.25) is 0 Å². The molecule has 21 heavy (non-hydrogen) atoms. The lowest BCUT2D eigenvalue weighted by Gasteiger charge is -2.35. The topological polar surface area (TPSA) is 66.2 Å². The summed E-state index contributed by atoms with van der Waals surface area (Å²) in [7, 11) is 0. The Kier molecular flexibility index (Phi) is 5.78. The van der Waals surface area contributed by atoms with Crippen LogP contribution in [0.3, 0.4) is 0 Å². The van der Waals surface area contributed by atoms with Crippen LogP contribution in [0.4, 0.5) is 0 Å². The summed E-state index contributed by atoms with van der Waals surface area (Å²) >= 11 is 0. The Hall–Kier alpha value is -1.37. The Morgan fingerprint density at radius 1 is 1.43 bits per heavy atom. The van der Waals surface area contributed by atoms with Gasteiger partial charge in [-0.15, -0.1) is 0 Å². The van der Waals surface area contributed by atoms with Gasteiger partial charge in [-0.2, -0.15) is 0 Å². The number of hydrogen-bond acceptors (Lipinski definition) is 5. The second kappa shape index (κ2) is 7.59. The van der Waals surface area contributed by atoms with Gasteiger partial charge < -0.3 is 19.2 Å². The van der Waals surface area contributed by atoms with Gasteiger partial charge in [0.2, 0.25) is 0 Å². The molecule has 1 atom stereocenters. The van der Waals surface area contributed by atoms with Crippen LogP contribution in [0, 0.1) is 6.92 Å².